The summed E-state index contributed by atoms with van der Waals surface area (Å²) in [4.78, 5) is 18.9. The topological polar surface area (TPSA) is 90.0 Å². The average molecular weight is 364 g/mol. The van der Waals surface area contributed by atoms with Crippen molar-refractivity contribution in [2.45, 2.75) is 18.9 Å². The quantitative estimate of drug-likeness (QED) is 0.439. The molecule has 6 heteroatoms. The number of H-pyrrole nitrogens is 1. The summed E-state index contributed by atoms with van der Waals surface area (Å²) in [5, 5.41) is 16.3. The van der Waals surface area contributed by atoms with Gasteiger partial charge in [-0.2, -0.15) is 0 Å². The van der Waals surface area contributed by atoms with Gasteiger partial charge in [-0.05, 0) is 36.2 Å². The highest BCUT2D eigenvalue weighted by atomic mass is 16.3. The predicted octanol–water partition coefficient (Wildman–Crippen LogP) is 2.46. The van der Waals surface area contributed by atoms with E-state index >= 15 is 0 Å². The van der Waals surface area contributed by atoms with Crippen molar-refractivity contribution in [3.8, 4) is 0 Å². The molecule has 0 saturated heterocycles. The highest BCUT2D eigenvalue weighted by Crippen LogP contribution is 2.12. The molecule has 1 amide bonds. The molecular formula is C21H24N4O2. The van der Waals surface area contributed by atoms with E-state index in [-0.39, 0.29) is 12.3 Å². The first-order valence-electron chi connectivity index (χ1n) is 9.01. The molecule has 0 bridgehead atoms. The molecule has 1 aromatic heterocycles. The van der Waals surface area contributed by atoms with E-state index < -0.39 is 6.10 Å². The van der Waals surface area contributed by atoms with Gasteiger partial charge in [-0.1, -0.05) is 42.5 Å². The summed E-state index contributed by atoms with van der Waals surface area (Å²) >= 11 is 0. The number of aromatic amines is 1. The maximum absolute atomic E-state index is 12.0. The number of carbonyl (C=O) groups is 1. The minimum absolute atomic E-state index is 0.103. The van der Waals surface area contributed by atoms with E-state index in [0.717, 1.165) is 24.2 Å². The maximum Gasteiger partial charge on any atom is 0.231 e. The van der Waals surface area contributed by atoms with Crippen molar-refractivity contribution in [1.82, 2.24) is 15.3 Å². The molecule has 0 aliphatic carbocycles. The van der Waals surface area contributed by atoms with Crippen LogP contribution >= 0.6 is 0 Å². The lowest BCUT2D eigenvalue weighted by molar-refractivity contribution is -0.115. The Bertz CT molecular complexity index is 817. The Morgan fingerprint density at radius 3 is 2.59 bits per heavy atom. The van der Waals surface area contributed by atoms with Crippen molar-refractivity contribution in [3.05, 3.63) is 83.9 Å². The Kier molecular flexibility index (Phi) is 6.73. The molecule has 1 unspecified atom stereocenters. The monoisotopic (exact) mass is 364 g/mol. The highest BCUT2D eigenvalue weighted by Gasteiger charge is 2.07. The molecule has 3 aromatic rings. The SMILES string of the molecule is O=C(Cc1ncc[nH]1)Nc1ccc(CCNCC(O)c2ccccc2)cc1. The molecule has 0 radical (unpaired) electrons. The molecule has 4 N–H and O–H groups in total. The van der Waals surface area contributed by atoms with Gasteiger partial charge in [-0.15, -0.1) is 0 Å². The van der Waals surface area contributed by atoms with Crippen molar-refractivity contribution < 1.29 is 9.90 Å². The molecule has 0 spiro atoms. The Morgan fingerprint density at radius 2 is 1.89 bits per heavy atom. The third kappa shape index (κ3) is 6.06. The van der Waals surface area contributed by atoms with Gasteiger partial charge in [-0.3, -0.25) is 4.79 Å². The first-order valence-corrected chi connectivity index (χ1v) is 9.01. The summed E-state index contributed by atoms with van der Waals surface area (Å²) in [7, 11) is 0. The second-order valence-corrected chi connectivity index (χ2v) is 6.34. The number of amides is 1. The van der Waals surface area contributed by atoms with E-state index in [1.54, 1.807) is 12.4 Å². The van der Waals surface area contributed by atoms with Crippen LogP contribution in [0.3, 0.4) is 0 Å². The number of carbonyl (C=O) groups excluding carboxylic acids is 1. The van der Waals surface area contributed by atoms with E-state index in [0.29, 0.717) is 12.4 Å². The number of aliphatic hydroxyl groups excluding tert-OH is 1. The fourth-order valence-electron chi connectivity index (χ4n) is 2.77. The molecule has 0 saturated carbocycles. The van der Waals surface area contributed by atoms with E-state index in [4.69, 9.17) is 0 Å². The summed E-state index contributed by atoms with van der Waals surface area (Å²) in [5.41, 5.74) is 2.85. The second kappa shape index (κ2) is 9.66. The molecule has 140 valence electrons. The number of aromatic nitrogens is 2. The minimum atomic E-state index is -0.502. The number of benzene rings is 2. The first kappa shape index (κ1) is 18.8. The van der Waals surface area contributed by atoms with Gasteiger partial charge in [0.05, 0.1) is 12.5 Å². The molecule has 3 rings (SSSR count). The number of hydrogen-bond donors (Lipinski definition) is 4. The van der Waals surface area contributed by atoms with Crippen LogP contribution in [0, 0.1) is 0 Å². The summed E-state index contributed by atoms with van der Waals surface area (Å²) in [6, 6.07) is 17.4. The molecule has 1 heterocycles. The van der Waals surface area contributed by atoms with E-state index in [1.807, 2.05) is 54.6 Å². The number of anilines is 1. The molecule has 6 nitrogen and oxygen atoms in total. The fourth-order valence-corrected chi connectivity index (χ4v) is 2.77. The highest BCUT2D eigenvalue weighted by molar-refractivity contribution is 5.91. The number of nitrogens with one attached hydrogen (secondary N) is 3. The van der Waals surface area contributed by atoms with Crippen LogP contribution in [-0.4, -0.2) is 34.1 Å². The zero-order valence-corrected chi connectivity index (χ0v) is 15.1. The fraction of sp³-hybridized carbons (Fsp3) is 0.238. The third-order valence-corrected chi connectivity index (χ3v) is 4.23. The van der Waals surface area contributed by atoms with Gasteiger partial charge in [0.15, 0.2) is 0 Å². The summed E-state index contributed by atoms with van der Waals surface area (Å²) in [5.74, 6) is 0.544. The lowest BCUT2D eigenvalue weighted by atomic mass is 10.1. The van der Waals surface area contributed by atoms with Crippen molar-refractivity contribution in [2.75, 3.05) is 18.4 Å². The largest absolute Gasteiger partial charge is 0.387 e. The first-order chi connectivity index (χ1) is 13.2. The van der Waals surface area contributed by atoms with E-state index in [2.05, 4.69) is 20.6 Å². The smallest absolute Gasteiger partial charge is 0.231 e. The number of nitrogens with zero attached hydrogens (tertiary/aromatic N) is 1. The molecule has 0 fully saturated rings. The standard InChI is InChI=1S/C21H24N4O2/c26-19(17-4-2-1-3-5-17)15-22-11-10-16-6-8-18(9-7-16)25-21(27)14-20-23-12-13-24-20/h1-9,12-13,19,22,26H,10-11,14-15H2,(H,23,24)(H,25,27). The van der Waals surface area contributed by atoms with Gasteiger partial charge in [0.2, 0.25) is 5.91 Å². The number of hydrogen-bond acceptors (Lipinski definition) is 4. The third-order valence-electron chi connectivity index (χ3n) is 4.23. The van der Waals surface area contributed by atoms with Crippen LogP contribution in [0.25, 0.3) is 0 Å². The molecule has 27 heavy (non-hydrogen) atoms. The number of rotatable bonds is 9. The minimum Gasteiger partial charge on any atom is -0.387 e. The lowest BCUT2D eigenvalue weighted by Gasteiger charge is -2.12. The average Bonchev–Trinajstić information content (AvgIpc) is 3.20. The van der Waals surface area contributed by atoms with Crippen LogP contribution < -0.4 is 10.6 Å². The van der Waals surface area contributed by atoms with Gasteiger partial charge in [0.1, 0.15) is 5.82 Å². The van der Waals surface area contributed by atoms with Gasteiger partial charge in [-0.25, -0.2) is 4.98 Å². The Morgan fingerprint density at radius 1 is 1.11 bits per heavy atom. The lowest BCUT2D eigenvalue weighted by Crippen LogP contribution is -2.23. The summed E-state index contributed by atoms with van der Waals surface area (Å²) < 4.78 is 0. The Hall–Kier alpha value is -2.96. The Labute approximate surface area is 158 Å². The molecule has 2 aromatic carbocycles. The second-order valence-electron chi connectivity index (χ2n) is 6.34. The number of imidazole rings is 1. The van der Waals surface area contributed by atoms with Crippen LogP contribution in [0.1, 0.15) is 23.1 Å². The summed E-state index contributed by atoms with van der Waals surface area (Å²) in [6.45, 7) is 1.29. The number of aliphatic hydroxyl groups is 1. The van der Waals surface area contributed by atoms with Crippen molar-refractivity contribution in [3.63, 3.8) is 0 Å². The van der Waals surface area contributed by atoms with E-state index in [9.17, 15) is 9.90 Å². The molecule has 0 aliphatic heterocycles. The van der Waals surface area contributed by atoms with Crippen LogP contribution in [0.15, 0.2) is 67.0 Å². The van der Waals surface area contributed by atoms with Crippen LogP contribution in [-0.2, 0) is 17.6 Å². The van der Waals surface area contributed by atoms with Crippen LogP contribution in [0.2, 0.25) is 0 Å². The zero-order valence-electron chi connectivity index (χ0n) is 15.1. The zero-order chi connectivity index (χ0) is 18.9. The van der Waals surface area contributed by atoms with E-state index in [1.165, 1.54) is 5.56 Å². The molecular weight excluding hydrogens is 340 g/mol. The van der Waals surface area contributed by atoms with Crippen LogP contribution in [0.5, 0.6) is 0 Å². The molecule has 1 atom stereocenters. The predicted molar refractivity (Wildman–Crippen MR) is 105 cm³/mol. The van der Waals surface area contributed by atoms with Crippen molar-refractivity contribution in [1.29, 1.82) is 0 Å². The van der Waals surface area contributed by atoms with Gasteiger partial charge < -0.3 is 20.7 Å². The Balaban J connectivity index is 1.38. The normalized spacial score (nSPS) is 11.9. The van der Waals surface area contributed by atoms with Gasteiger partial charge in [0.25, 0.3) is 0 Å². The van der Waals surface area contributed by atoms with Crippen molar-refractivity contribution in [2.24, 2.45) is 0 Å². The maximum atomic E-state index is 12.0. The van der Waals surface area contributed by atoms with Crippen molar-refractivity contribution >= 4 is 11.6 Å². The van der Waals surface area contributed by atoms with Crippen LogP contribution in [0.4, 0.5) is 5.69 Å². The van der Waals surface area contributed by atoms with Gasteiger partial charge in [0, 0.05) is 24.6 Å². The summed E-state index contributed by atoms with van der Waals surface area (Å²) in [6.07, 6.45) is 3.90. The molecule has 0 aliphatic rings. The van der Waals surface area contributed by atoms with Gasteiger partial charge >= 0.3 is 0 Å².